The minimum atomic E-state index is -0.934. The van der Waals surface area contributed by atoms with Gasteiger partial charge in [0.05, 0.1) is 25.0 Å². The van der Waals surface area contributed by atoms with E-state index in [1.807, 2.05) is 0 Å². The average Bonchev–Trinajstić information content (AvgIpc) is 2.22. The molecule has 0 radical (unpaired) electrons. The second kappa shape index (κ2) is 5.62. The highest BCUT2D eigenvalue weighted by molar-refractivity contribution is 5.86. The number of amides is 2. The van der Waals surface area contributed by atoms with Crippen LogP contribution < -0.4 is 16.4 Å². The molecule has 1 saturated carbocycles. The molecule has 1 aliphatic rings. The first-order valence-electron chi connectivity index (χ1n) is 5.47. The van der Waals surface area contributed by atoms with Crippen LogP contribution in [0.3, 0.4) is 0 Å². The zero-order chi connectivity index (χ0) is 12.9. The van der Waals surface area contributed by atoms with E-state index < -0.39 is 17.4 Å². The van der Waals surface area contributed by atoms with Crippen molar-refractivity contribution in [2.75, 3.05) is 13.1 Å². The second-order valence-corrected chi connectivity index (χ2v) is 4.23. The maximum atomic E-state index is 11.5. The molecule has 0 atom stereocenters. The molecule has 96 valence electrons. The van der Waals surface area contributed by atoms with E-state index in [2.05, 4.69) is 10.6 Å². The molecule has 7 nitrogen and oxygen atoms in total. The van der Waals surface area contributed by atoms with Gasteiger partial charge in [-0.15, -0.1) is 0 Å². The van der Waals surface area contributed by atoms with Gasteiger partial charge in [-0.2, -0.15) is 0 Å². The molecule has 0 bridgehead atoms. The van der Waals surface area contributed by atoms with Crippen LogP contribution in [-0.4, -0.2) is 41.5 Å². The van der Waals surface area contributed by atoms with Crippen molar-refractivity contribution < 1.29 is 19.5 Å². The lowest BCUT2D eigenvalue weighted by atomic mass is 9.74. The smallest absolute Gasteiger partial charge is 0.305 e. The van der Waals surface area contributed by atoms with Gasteiger partial charge in [-0.1, -0.05) is 0 Å². The molecule has 5 N–H and O–H groups in total. The standard InChI is InChI=1S/C10H17N3O4/c11-5-7(14)12-6-8(15)13-10(2-1-3-10)4-9(16)17/h1-6,11H2,(H,12,14)(H,13,15)(H,16,17). The Morgan fingerprint density at radius 3 is 2.29 bits per heavy atom. The number of aliphatic carboxylic acids is 1. The first kappa shape index (κ1) is 13.4. The van der Waals surface area contributed by atoms with E-state index in [4.69, 9.17) is 10.8 Å². The van der Waals surface area contributed by atoms with E-state index in [0.717, 1.165) is 6.42 Å². The Bertz CT molecular complexity index is 326. The zero-order valence-corrected chi connectivity index (χ0v) is 9.49. The molecule has 2 amide bonds. The van der Waals surface area contributed by atoms with Crippen molar-refractivity contribution in [1.29, 1.82) is 0 Å². The number of hydrogen-bond acceptors (Lipinski definition) is 4. The van der Waals surface area contributed by atoms with Crippen molar-refractivity contribution in [1.82, 2.24) is 10.6 Å². The highest BCUT2D eigenvalue weighted by atomic mass is 16.4. The number of carboxylic acid groups (broad SMARTS) is 1. The maximum Gasteiger partial charge on any atom is 0.305 e. The molecule has 0 heterocycles. The fraction of sp³-hybridized carbons (Fsp3) is 0.700. The van der Waals surface area contributed by atoms with Gasteiger partial charge in [-0.05, 0) is 19.3 Å². The molecule has 0 spiro atoms. The van der Waals surface area contributed by atoms with Gasteiger partial charge in [-0.25, -0.2) is 0 Å². The Morgan fingerprint density at radius 1 is 1.24 bits per heavy atom. The van der Waals surface area contributed by atoms with Gasteiger partial charge in [-0.3, -0.25) is 14.4 Å². The Labute approximate surface area is 98.7 Å². The van der Waals surface area contributed by atoms with Gasteiger partial charge in [0.25, 0.3) is 0 Å². The Balaban J connectivity index is 2.38. The summed E-state index contributed by atoms with van der Waals surface area (Å²) in [6, 6.07) is 0. The van der Waals surface area contributed by atoms with Crippen LogP contribution in [-0.2, 0) is 14.4 Å². The van der Waals surface area contributed by atoms with E-state index in [0.29, 0.717) is 12.8 Å². The summed E-state index contributed by atoms with van der Waals surface area (Å²) >= 11 is 0. The van der Waals surface area contributed by atoms with Crippen LogP contribution in [0.2, 0.25) is 0 Å². The first-order chi connectivity index (χ1) is 7.97. The zero-order valence-electron chi connectivity index (χ0n) is 9.49. The quantitative estimate of drug-likeness (QED) is 0.456. The monoisotopic (exact) mass is 243 g/mol. The van der Waals surface area contributed by atoms with Crippen LogP contribution in [0.4, 0.5) is 0 Å². The van der Waals surface area contributed by atoms with Crippen LogP contribution >= 0.6 is 0 Å². The normalized spacial score (nSPS) is 16.8. The third kappa shape index (κ3) is 4.03. The summed E-state index contributed by atoms with van der Waals surface area (Å²) in [5.41, 5.74) is 4.44. The molecule has 0 unspecified atom stereocenters. The summed E-state index contributed by atoms with van der Waals surface area (Å²) in [5, 5.41) is 13.7. The lowest BCUT2D eigenvalue weighted by molar-refractivity contribution is -0.140. The molecule has 0 aromatic rings. The number of nitrogens with one attached hydrogen (secondary N) is 2. The predicted octanol–water partition coefficient (Wildman–Crippen LogP) is -1.43. The number of carbonyl (C=O) groups excluding carboxylic acids is 2. The lowest BCUT2D eigenvalue weighted by Gasteiger charge is -2.41. The molecule has 17 heavy (non-hydrogen) atoms. The summed E-state index contributed by atoms with van der Waals surface area (Å²) in [6.07, 6.45) is 2.15. The van der Waals surface area contributed by atoms with Crippen LogP contribution in [0.15, 0.2) is 0 Å². The van der Waals surface area contributed by atoms with E-state index >= 15 is 0 Å². The van der Waals surface area contributed by atoms with Crippen molar-refractivity contribution in [2.45, 2.75) is 31.2 Å². The molecule has 1 rings (SSSR count). The highest BCUT2D eigenvalue weighted by Crippen LogP contribution is 2.34. The van der Waals surface area contributed by atoms with E-state index in [1.54, 1.807) is 0 Å². The fourth-order valence-corrected chi connectivity index (χ4v) is 1.83. The summed E-state index contributed by atoms with van der Waals surface area (Å²) in [7, 11) is 0. The minimum Gasteiger partial charge on any atom is -0.481 e. The molecule has 1 fully saturated rings. The minimum absolute atomic E-state index is 0.0798. The molecule has 7 heteroatoms. The largest absolute Gasteiger partial charge is 0.481 e. The van der Waals surface area contributed by atoms with Gasteiger partial charge in [0.15, 0.2) is 0 Å². The lowest BCUT2D eigenvalue weighted by Crippen LogP contribution is -2.56. The van der Waals surface area contributed by atoms with Crippen LogP contribution in [0.5, 0.6) is 0 Å². The van der Waals surface area contributed by atoms with E-state index in [1.165, 1.54) is 0 Å². The third-order valence-electron chi connectivity index (χ3n) is 2.84. The maximum absolute atomic E-state index is 11.5. The van der Waals surface area contributed by atoms with Gasteiger partial charge < -0.3 is 21.5 Å². The van der Waals surface area contributed by atoms with Crippen molar-refractivity contribution in [3.63, 3.8) is 0 Å². The van der Waals surface area contributed by atoms with E-state index in [-0.39, 0.29) is 25.4 Å². The third-order valence-corrected chi connectivity index (χ3v) is 2.84. The summed E-state index contributed by atoms with van der Waals surface area (Å²) in [4.78, 5) is 33.0. The molecule has 1 aliphatic carbocycles. The van der Waals surface area contributed by atoms with Crippen molar-refractivity contribution >= 4 is 17.8 Å². The number of rotatable bonds is 6. The highest BCUT2D eigenvalue weighted by Gasteiger charge is 2.40. The van der Waals surface area contributed by atoms with Crippen LogP contribution in [0.25, 0.3) is 0 Å². The van der Waals surface area contributed by atoms with Crippen molar-refractivity contribution in [3.8, 4) is 0 Å². The first-order valence-corrected chi connectivity index (χ1v) is 5.47. The molecule has 0 aliphatic heterocycles. The molecular formula is C10H17N3O4. The average molecular weight is 243 g/mol. The number of nitrogens with two attached hydrogens (primary N) is 1. The topological polar surface area (TPSA) is 122 Å². The van der Waals surface area contributed by atoms with Crippen molar-refractivity contribution in [3.05, 3.63) is 0 Å². The molecule has 0 aromatic carbocycles. The number of hydrogen-bond donors (Lipinski definition) is 4. The van der Waals surface area contributed by atoms with Gasteiger partial charge in [0.1, 0.15) is 0 Å². The van der Waals surface area contributed by atoms with Gasteiger partial charge >= 0.3 is 5.97 Å². The Hall–Kier alpha value is -1.63. The van der Waals surface area contributed by atoms with Crippen LogP contribution in [0, 0.1) is 0 Å². The molecule has 0 aromatic heterocycles. The Kier molecular flexibility index (Phi) is 4.45. The summed E-state index contributed by atoms with van der Waals surface area (Å²) in [5.74, 6) is -1.73. The van der Waals surface area contributed by atoms with E-state index in [9.17, 15) is 14.4 Å². The Morgan fingerprint density at radius 2 is 1.88 bits per heavy atom. The summed E-state index contributed by atoms with van der Waals surface area (Å²) in [6.45, 7) is -0.342. The fourth-order valence-electron chi connectivity index (χ4n) is 1.83. The summed E-state index contributed by atoms with van der Waals surface area (Å²) < 4.78 is 0. The predicted molar refractivity (Wildman–Crippen MR) is 59.0 cm³/mol. The number of carboxylic acids is 1. The molecular weight excluding hydrogens is 226 g/mol. The van der Waals surface area contributed by atoms with Crippen molar-refractivity contribution in [2.24, 2.45) is 5.73 Å². The number of carbonyl (C=O) groups is 3. The van der Waals surface area contributed by atoms with Gasteiger partial charge in [0, 0.05) is 0 Å². The SMILES string of the molecule is NCC(=O)NCC(=O)NC1(CC(=O)O)CCC1. The second-order valence-electron chi connectivity index (χ2n) is 4.23. The van der Waals surface area contributed by atoms with Crippen LogP contribution in [0.1, 0.15) is 25.7 Å². The van der Waals surface area contributed by atoms with Gasteiger partial charge in [0.2, 0.25) is 11.8 Å². The molecule has 0 saturated heterocycles.